The summed E-state index contributed by atoms with van der Waals surface area (Å²) >= 11 is 1.43. The van der Waals surface area contributed by atoms with E-state index in [-0.39, 0.29) is 0 Å². The molecule has 0 aliphatic carbocycles. The standard InChI is InChI=1S/C12H24N4S/c1-5-10(6-2)8-16(7-3)9-11-12(13-4)17-15-14-11/h10,13H,5-9H2,1-4H3. The SMILES string of the molecule is CCC(CC)CN(CC)Cc1nnsc1NC. The first-order valence-electron chi connectivity index (χ1n) is 6.46. The number of nitrogens with zero attached hydrogens (tertiary/aromatic N) is 3. The largest absolute Gasteiger partial charge is 0.377 e. The Labute approximate surface area is 109 Å². The lowest BCUT2D eigenvalue weighted by Gasteiger charge is -2.24. The molecule has 1 heterocycles. The van der Waals surface area contributed by atoms with Crippen LogP contribution in [0.25, 0.3) is 0 Å². The molecule has 0 unspecified atom stereocenters. The Kier molecular flexibility index (Phi) is 6.44. The van der Waals surface area contributed by atoms with Crippen molar-refractivity contribution in [3.63, 3.8) is 0 Å². The Hall–Kier alpha value is -0.680. The molecule has 1 rings (SSSR count). The molecule has 98 valence electrons. The van der Waals surface area contributed by atoms with Gasteiger partial charge in [-0.25, -0.2) is 0 Å². The summed E-state index contributed by atoms with van der Waals surface area (Å²) in [4.78, 5) is 2.45. The van der Waals surface area contributed by atoms with Gasteiger partial charge in [0.05, 0.1) is 0 Å². The zero-order valence-electron chi connectivity index (χ0n) is 11.4. The Morgan fingerprint density at radius 2 is 2.00 bits per heavy atom. The van der Waals surface area contributed by atoms with Gasteiger partial charge in [-0.1, -0.05) is 38.1 Å². The highest BCUT2D eigenvalue weighted by molar-refractivity contribution is 7.10. The van der Waals surface area contributed by atoms with Crippen LogP contribution in [0.15, 0.2) is 0 Å². The van der Waals surface area contributed by atoms with Crippen molar-refractivity contribution < 1.29 is 0 Å². The van der Waals surface area contributed by atoms with Gasteiger partial charge in [0.25, 0.3) is 0 Å². The van der Waals surface area contributed by atoms with E-state index in [1.165, 1.54) is 24.4 Å². The second kappa shape index (κ2) is 7.61. The minimum Gasteiger partial charge on any atom is -0.377 e. The summed E-state index contributed by atoms with van der Waals surface area (Å²) in [6, 6.07) is 0. The second-order valence-corrected chi connectivity index (χ2v) is 5.06. The molecule has 0 atom stereocenters. The van der Waals surface area contributed by atoms with E-state index in [1.807, 2.05) is 7.05 Å². The Balaban J connectivity index is 2.57. The molecule has 5 heteroatoms. The summed E-state index contributed by atoms with van der Waals surface area (Å²) < 4.78 is 4.00. The van der Waals surface area contributed by atoms with Gasteiger partial charge in [0.15, 0.2) is 0 Å². The zero-order chi connectivity index (χ0) is 12.7. The van der Waals surface area contributed by atoms with Crippen LogP contribution < -0.4 is 5.32 Å². The van der Waals surface area contributed by atoms with Gasteiger partial charge in [-0.05, 0) is 12.5 Å². The van der Waals surface area contributed by atoms with E-state index in [0.29, 0.717) is 0 Å². The summed E-state index contributed by atoms with van der Waals surface area (Å²) in [5, 5.41) is 8.44. The molecule has 0 aliphatic rings. The number of anilines is 1. The minimum atomic E-state index is 0.791. The molecular formula is C12H24N4S. The highest BCUT2D eigenvalue weighted by Gasteiger charge is 2.14. The van der Waals surface area contributed by atoms with Crippen LogP contribution in [0, 0.1) is 5.92 Å². The zero-order valence-corrected chi connectivity index (χ0v) is 12.2. The van der Waals surface area contributed by atoms with E-state index >= 15 is 0 Å². The molecule has 0 aromatic carbocycles. The molecule has 1 aromatic rings. The Morgan fingerprint density at radius 3 is 2.53 bits per heavy atom. The van der Waals surface area contributed by atoms with E-state index in [2.05, 4.69) is 40.6 Å². The molecule has 1 N–H and O–H groups in total. The summed E-state index contributed by atoms with van der Waals surface area (Å²) in [5.74, 6) is 0.791. The van der Waals surface area contributed by atoms with Crippen LogP contribution in [0.5, 0.6) is 0 Å². The molecule has 0 radical (unpaired) electrons. The van der Waals surface area contributed by atoms with Crippen molar-refractivity contribution in [3.05, 3.63) is 5.69 Å². The lowest BCUT2D eigenvalue weighted by molar-refractivity contribution is 0.224. The quantitative estimate of drug-likeness (QED) is 0.776. The van der Waals surface area contributed by atoms with Gasteiger partial charge < -0.3 is 5.32 Å². The van der Waals surface area contributed by atoms with Crippen LogP contribution in [0.4, 0.5) is 5.00 Å². The first-order valence-corrected chi connectivity index (χ1v) is 7.23. The van der Waals surface area contributed by atoms with E-state index in [9.17, 15) is 0 Å². The second-order valence-electron chi connectivity index (χ2n) is 4.31. The van der Waals surface area contributed by atoms with Gasteiger partial charge in [-0.2, -0.15) is 0 Å². The van der Waals surface area contributed by atoms with E-state index in [4.69, 9.17) is 0 Å². The summed E-state index contributed by atoms with van der Waals surface area (Å²) in [6.45, 7) is 9.87. The third-order valence-electron chi connectivity index (χ3n) is 3.27. The smallest absolute Gasteiger partial charge is 0.134 e. The van der Waals surface area contributed by atoms with Crippen LogP contribution in [0.2, 0.25) is 0 Å². The summed E-state index contributed by atoms with van der Waals surface area (Å²) in [5.41, 5.74) is 1.07. The molecule has 4 nitrogen and oxygen atoms in total. The van der Waals surface area contributed by atoms with Crippen molar-refractivity contribution >= 4 is 16.5 Å². The fourth-order valence-electron chi connectivity index (χ4n) is 1.93. The molecule has 1 aromatic heterocycles. The van der Waals surface area contributed by atoms with Crippen molar-refractivity contribution in [2.45, 2.75) is 40.2 Å². The van der Waals surface area contributed by atoms with Crippen molar-refractivity contribution in [1.29, 1.82) is 0 Å². The number of nitrogens with one attached hydrogen (secondary N) is 1. The van der Waals surface area contributed by atoms with Crippen molar-refractivity contribution in [2.24, 2.45) is 5.92 Å². The molecule has 0 saturated heterocycles. The van der Waals surface area contributed by atoms with Crippen LogP contribution in [0.1, 0.15) is 39.3 Å². The normalized spacial score (nSPS) is 11.4. The highest BCUT2D eigenvalue weighted by Crippen LogP contribution is 2.19. The van der Waals surface area contributed by atoms with E-state index in [1.54, 1.807) is 0 Å². The predicted molar refractivity (Wildman–Crippen MR) is 74.5 cm³/mol. The van der Waals surface area contributed by atoms with E-state index < -0.39 is 0 Å². The molecule has 17 heavy (non-hydrogen) atoms. The minimum absolute atomic E-state index is 0.791. The average molecular weight is 256 g/mol. The van der Waals surface area contributed by atoms with Crippen molar-refractivity contribution in [1.82, 2.24) is 14.5 Å². The fraction of sp³-hybridized carbons (Fsp3) is 0.833. The van der Waals surface area contributed by atoms with Gasteiger partial charge in [0.1, 0.15) is 10.7 Å². The molecular weight excluding hydrogens is 232 g/mol. The molecule has 0 spiro atoms. The van der Waals surface area contributed by atoms with Crippen molar-refractivity contribution in [2.75, 3.05) is 25.5 Å². The summed E-state index contributed by atoms with van der Waals surface area (Å²) in [7, 11) is 1.93. The Morgan fingerprint density at radius 1 is 1.29 bits per heavy atom. The molecule has 0 amide bonds. The monoisotopic (exact) mass is 256 g/mol. The maximum Gasteiger partial charge on any atom is 0.134 e. The fourth-order valence-corrected chi connectivity index (χ4v) is 2.45. The first kappa shape index (κ1) is 14.4. The Bertz CT molecular complexity index is 309. The predicted octanol–water partition coefficient (Wildman–Crippen LogP) is 2.84. The van der Waals surface area contributed by atoms with Crippen LogP contribution in [-0.2, 0) is 6.54 Å². The van der Waals surface area contributed by atoms with Gasteiger partial charge >= 0.3 is 0 Å². The maximum atomic E-state index is 4.20. The van der Waals surface area contributed by atoms with Crippen LogP contribution >= 0.6 is 11.5 Å². The third kappa shape index (κ3) is 4.24. The molecule has 0 saturated carbocycles. The highest BCUT2D eigenvalue weighted by atomic mass is 32.1. The number of hydrogen-bond acceptors (Lipinski definition) is 5. The molecule has 0 fully saturated rings. The third-order valence-corrected chi connectivity index (χ3v) is 4.06. The average Bonchev–Trinajstić information content (AvgIpc) is 2.81. The van der Waals surface area contributed by atoms with Crippen LogP contribution in [0.3, 0.4) is 0 Å². The van der Waals surface area contributed by atoms with Crippen LogP contribution in [-0.4, -0.2) is 34.6 Å². The molecule has 0 aliphatic heterocycles. The van der Waals surface area contributed by atoms with Crippen molar-refractivity contribution in [3.8, 4) is 0 Å². The molecule has 0 bridgehead atoms. The lowest BCUT2D eigenvalue weighted by atomic mass is 10.0. The number of rotatable bonds is 8. The maximum absolute atomic E-state index is 4.20. The first-order chi connectivity index (χ1) is 8.24. The number of hydrogen-bond donors (Lipinski definition) is 1. The van der Waals surface area contributed by atoms with Gasteiger partial charge in [0, 0.05) is 31.7 Å². The lowest BCUT2D eigenvalue weighted by Crippen LogP contribution is -2.29. The topological polar surface area (TPSA) is 41.1 Å². The summed E-state index contributed by atoms with van der Waals surface area (Å²) in [6.07, 6.45) is 2.50. The van der Waals surface area contributed by atoms with Gasteiger partial charge in [0.2, 0.25) is 0 Å². The van der Waals surface area contributed by atoms with Gasteiger partial charge in [-0.15, -0.1) is 5.10 Å². The number of aromatic nitrogens is 2. The van der Waals surface area contributed by atoms with Gasteiger partial charge in [-0.3, -0.25) is 4.90 Å². The van der Waals surface area contributed by atoms with E-state index in [0.717, 1.165) is 36.2 Å².